The highest BCUT2D eigenvalue weighted by atomic mass is 35.5. The van der Waals surface area contributed by atoms with Crippen LogP contribution < -0.4 is 5.32 Å². The van der Waals surface area contributed by atoms with Crippen LogP contribution in [0.1, 0.15) is 12.8 Å². The summed E-state index contributed by atoms with van der Waals surface area (Å²) in [4.78, 5) is 22.6. The van der Waals surface area contributed by atoms with Crippen molar-refractivity contribution in [1.29, 1.82) is 0 Å². The van der Waals surface area contributed by atoms with Gasteiger partial charge in [0.1, 0.15) is 6.10 Å². The van der Waals surface area contributed by atoms with Crippen molar-refractivity contribution in [3.63, 3.8) is 0 Å². The molecule has 1 fully saturated rings. The lowest BCUT2D eigenvalue weighted by Crippen LogP contribution is -2.29. The van der Waals surface area contributed by atoms with Crippen LogP contribution >= 0.6 is 23.2 Å². The molecule has 1 aliphatic rings. The molecule has 0 unspecified atom stereocenters. The maximum Gasteiger partial charge on any atom is 0.332 e. The lowest BCUT2D eigenvalue weighted by molar-refractivity contribution is -0.150. The summed E-state index contributed by atoms with van der Waals surface area (Å²) in [6.07, 6.45) is -0.988. The van der Waals surface area contributed by atoms with E-state index >= 15 is 0 Å². The monoisotopic (exact) mass is 303 g/mol. The Morgan fingerprint density at radius 1 is 1.16 bits per heavy atom. The number of carboxylic acids is 1. The molecule has 0 aromatic heterocycles. The van der Waals surface area contributed by atoms with E-state index in [1.165, 1.54) is 0 Å². The number of carboxylic acid groups (broad SMARTS) is 1. The molecule has 0 spiro atoms. The quantitative estimate of drug-likeness (QED) is 0.900. The molecular weight excluding hydrogens is 293 g/mol. The SMILES string of the molecule is O=C(O)[C@@H]1CC[C@H](C(=O)Nc2cc(Cl)cc(Cl)c2)O1. The van der Waals surface area contributed by atoms with Crippen LogP contribution in [0.4, 0.5) is 5.69 Å². The van der Waals surface area contributed by atoms with Gasteiger partial charge in [0.05, 0.1) is 0 Å². The van der Waals surface area contributed by atoms with E-state index < -0.39 is 24.1 Å². The summed E-state index contributed by atoms with van der Waals surface area (Å²) in [5.41, 5.74) is 0.449. The molecule has 1 aliphatic heterocycles. The molecule has 0 saturated carbocycles. The van der Waals surface area contributed by atoms with E-state index in [9.17, 15) is 9.59 Å². The van der Waals surface area contributed by atoms with Crippen molar-refractivity contribution < 1.29 is 19.4 Å². The second-order valence-corrected chi connectivity index (χ2v) is 5.05. The van der Waals surface area contributed by atoms with Crippen LogP contribution in [-0.4, -0.2) is 29.2 Å². The summed E-state index contributed by atoms with van der Waals surface area (Å²) in [5.74, 6) is -1.46. The van der Waals surface area contributed by atoms with Crippen molar-refractivity contribution in [2.75, 3.05) is 5.32 Å². The van der Waals surface area contributed by atoms with Crippen LogP contribution in [-0.2, 0) is 14.3 Å². The first-order chi connectivity index (χ1) is 8.95. The molecule has 2 N–H and O–H groups in total. The molecular formula is C12H11Cl2NO4. The van der Waals surface area contributed by atoms with Crippen molar-refractivity contribution >= 4 is 40.8 Å². The summed E-state index contributed by atoms with van der Waals surface area (Å²) >= 11 is 11.6. The number of halogens is 2. The Morgan fingerprint density at radius 3 is 2.26 bits per heavy atom. The van der Waals surface area contributed by atoms with Crippen LogP contribution in [0.2, 0.25) is 10.0 Å². The molecule has 1 amide bonds. The Balaban J connectivity index is 2.00. The van der Waals surface area contributed by atoms with E-state index in [-0.39, 0.29) is 0 Å². The van der Waals surface area contributed by atoms with Gasteiger partial charge in [-0.2, -0.15) is 0 Å². The Morgan fingerprint density at radius 2 is 1.74 bits per heavy atom. The van der Waals surface area contributed by atoms with E-state index in [0.29, 0.717) is 28.6 Å². The number of anilines is 1. The fraction of sp³-hybridized carbons (Fsp3) is 0.333. The third-order valence-corrected chi connectivity index (χ3v) is 3.15. The second kappa shape index (κ2) is 5.77. The summed E-state index contributed by atoms with van der Waals surface area (Å²) in [7, 11) is 0. The number of aliphatic carboxylic acids is 1. The number of rotatable bonds is 3. The zero-order valence-corrected chi connectivity index (χ0v) is 11.2. The number of hydrogen-bond donors (Lipinski definition) is 2. The second-order valence-electron chi connectivity index (χ2n) is 4.18. The molecule has 1 aromatic rings. The van der Waals surface area contributed by atoms with Crippen LogP contribution in [0.15, 0.2) is 18.2 Å². The number of benzene rings is 1. The molecule has 0 radical (unpaired) electrons. The van der Waals surface area contributed by atoms with Crippen LogP contribution in [0.25, 0.3) is 0 Å². The number of nitrogens with one attached hydrogen (secondary N) is 1. The Hall–Kier alpha value is -1.30. The van der Waals surface area contributed by atoms with E-state index in [1.54, 1.807) is 18.2 Å². The summed E-state index contributed by atoms with van der Waals surface area (Å²) in [6, 6.07) is 4.65. The average Bonchev–Trinajstić information content (AvgIpc) is 2.76. The standard InChI is InChI=1S/C12H11Cl2NO4/c13-6-3-7(14)5-8(4-6)15-11(16)9-1-2-10(19-9)12(17)18/h3-5,9-10H,1-2H2,(H,15,16)(H,17,18)/t9-,10+/m1/s1. The number of carbonyl (C=O) groups excluding carboxylic acids is 1. The van der Waals surface area contributed by atoms with Crippen molar-refractivity contribution in [2.45, 2.75) is 25.0 Å². The third-order valence-electron chi connectivity index (χ3n) is 2.72. The van der Waals surface area contributed by atoms with E-state index in [0.717, 1.165) is 0 Å². The van der Waals surface area contributed by atoms with Gasteiger partial charge in [-0.3, -0.25) is 4.79 Å². The predicted octanol–water partition coefficient (Wildman–Crippen LogP) is 2.56. The van der Waals surface area contributed by atoms with E-state index in [1.807, 2.05) is 0 Å². The van der Waals surface area contributed by atoms with Gasteiger partial charge in [0, 0.05) is 15.7 Å². The predicted molar refractivity (Wildman–Crippen MR) is 70.6 cm³/mol. The fourth-order valence-corrected chi connectivity index (χ4v) is 2.39. The summed E-state index contributed by atoms with van der Waals surface area (Å²) in [6.45, 7) is 0. The van der Waals surface area contributed by atoms with Crippen LogP contribution in [0.3, 0.4) is 0 Å². The van der Waals surface area contributed by atoms with Gasteiger partial charge in [-0.25, -0.2) is 4.79 Å². The minimum Gasteiger partial charge on any atom is -0.479 e. The first-order valence-electron chi connectivity index (χ1n) is 5.61. The smallest absolute Gasteiger partial charge is 0.332 e. The normalized spacial score (nSPS) is 22.2. The van der Waals surface area contributed by atoms with Crippen molar-refractivity contribution in [2.24, 2.45) is 0 Å². The van der Waals surface area contributed by atoms with Gasteiger partial charge in [-0.15, -0.1) is 0 Å². The summed E-state index contributed by atoms with van der Waals surface area (Å²) in [5, 5.41) is 12.2. The molecule has 7 heteroatoms. The molecule has 1 heterocycles. The highest BCUT2D eigenvalue weighted by Crippen LogP contribution is 2.25. The lowest BCUT2D eigenvalue weighted by Gasteiger charge is -2.12. The molecule has 2 rings (SSSR count). The lowest BCUT2D eigenvalue weighted by atomic mass is 10.2. The highest BCUT2D eigenvalue weighted by Gasteiger charge is 2.34. The Bertz CT molecular complexity index is 500. The van der Waals surface area contributed by atoms with Crippen molar-refractivity contribution in [1.82, 2.24) is 0 Å². The molecule has 1 aromatic carbocycles. The summed E-state index contributed by atoms with van der Waals surface area (Å²) < 4.78 is 5.14. The van der Waals surface area contributed by atoms with Gasteiger partial charge in [0.15, 0.2) is 6.10 Å². The minimum atomic E-state index is -1.05. The molecule has 2 atom stereocenters. The van der Waals surface area contributed by atoms with E-state index in [2.05, 4.69) is 5.32 Å². The Kier molecular flexibility index (Phi) is 4.29. The zero-order valence-electron chi connectivity index (χ0n) is 9.73. The minimum absolute atomic E-state index is 0.323. The molecule has 1 saturated heterocycles. The largest absolute Gasteiger partial charge is 0.479 e. The average molecular weight is 304 g/mol. The van der Waals surface area contributed by atoms with Gasteiger partial charge in [0.2, 0.25) is 0 Å². The Labute approximate surface area is 119 Å². The van der Waals surface area contributed by atoms with Gasteiger partial charge in [-0.05, 0) is 31.0 Å². The fourth-order valence-electron chi connectivity index (χ4n) is 1.86. The number of ether oxygens (including phenoxy) is 1. The van der Waals surface area contributed by atoms with Gasteiger partial charge in [0.25, 0.3) is 5.91 Å². The van der Waals surface area contributed by atoms with Gasteiger partial charge in [-0.1, -0.05) is 23.2 Å². The van der Waals surface area contributed by atoms with Crippen LogP contribution in [0.5, 0.6) is 0 Å². The topological polar surface area (TPSA) is 75.6 Å². The highest BCUT2D eigenvalue weighted by molar-refractivity contribution is 6.35. The maximum atomic E-state index is 11.9. The third kappa shape index (κ3) is 3.59. The maximum absolute atomic E-state index is 11.9. The molecule has 0 bridgehead atoms. The molecule has 0 aliphatic carbocycles. The van der Waals surface area contributed by atoms with Crippen molar-refractivity contribution in [3.05, 3.63) is 28.2 Å². The van der Waals surface area contributed by atoms with Crippen LogP contribution in [0, 0.1) is 0 Å². The number of carbonyl (C=O) groups is 2. The zero-order chi connectivity index (χ0) is 14.0. The van der Waals surface area contributed by atoms with Gasteiger partial charge < -0.3 is 15.2 Å². The molecule has 5 nitrogen and oxygen atoms in total. The number of amides is 1. The first kappa shape index (κ1) is 14.1. The molecule has 102 valence electrons. The van der Waals surface area contributed by atoms with Gasteiger partial charge >= 0.3 is 5.97 Å². The number of hydrogen-bond acceptors (Lipinski definition) is 3. The van der Waals surface area contributed by atoms with Crippen molar-refractivity contribution in [3.8, 4) is 0 Å². The first-order valence-corrected chi connectivity index (χ1v) is 6.36. The van der Waals surface area contributed by atoms with E-state index in [4.69, 9.17) is 33.0 Å². The molecule has 19 heavy (non-hydrogen) atoms.